The maximum absolute atomic E-state index is 12.7. The number of hydrazine groups is 1. The fraction of sp³-hybridized carbons (Fsp3) is 0.706. The molecule has 2 aromatic heterocycles. The van der Waals surface area contributed by atoms with Gasteiger partial charge in [0.05, 0.1) is 37.0 Å². The number of ether oxygens (including phenoxy) is 1. The van der Waals surface area contributed by atoms with Crippen molar-refractivity contribution < 1.29 is 35.1 Å². The third-order valence-electron chi connectivity index (χ3n) is 6.16. The number of rotatable bonds is 6. The molecule has 2 aliphatic heterocycles. The van der Waals surface area contributed by atoms with Gasteiger partial charge in [0.1, 0.15) is 30.0 Å². The maximum Gasteiger partial charge on any atom is 0.330 e. The molecule has 0 spiro atoms. The Bertz CT molecular complexity index is 1040. The zero-order chi connectivity index (χ0) is 23.5. The van der Waals surface area contributed by atoms with Gasteiger partial charge in [-0.2, -0.15) is 0 Å². The van der Waals surface area contributed by atoms with Crippen molar-refractivity contribution in [1.82, 2.24) is 30.3 Å². The predicted octanol–water partition coefficient (Wildman–Crippen LogP) is -2.81. The van der Waals surface area contributed by atoms with Crippen LogP contribution in [0, 0.1) is 0 Å². The topological polar surface area (TPSA) is 190 Å². The molecular formula is C17H24ClN7O7. The summed E-state index contributed by atoms with van der Waals surface area (Å²) in [7, 11) is 1.22. The van der Waals surface area contributed by atoms with Gasteiger partial charge < -0.3 is 30.3 Å². The first-order valence-electron chi connectivity index (χ1n) is 9.84. The Morgan fingerprint density at radius 2 is 1.97 bits per heavy atom. The lowest BCUT2D eigenvalue weighted by Crippen LogP contribution is -2.57. The van der Waals surface area contributed by atoms with E-state index in [4.69, 9.17) is 21.4 Å². The van der Waals surface area contributed by atoms with Gasteiger partial charge in [0, 0.05) is 6.42 Å². The molecule has 14 nitrogen and oxygen atoms in total. The molecule has 15 heteroatoms. The van der Waals surface area contributed by atoms with Crippen molar-refractivity contribution in [1.29, 1.82) is 0 Å². The molecule has 1 fully saturated rings. The molecule has 6 atom stereocenters. The zero-order valence-corrected chi connectivity index (χ0v) is 18.2. The molecule has 2 aliphatic rings. The molecule has 5 N–H and O–H groups in total. The summed E-state index contributed by atoms with van der Waals surface area (Å²) in [5.74, 6) is -0.616. The number of aliphatic hydroxyl groups is 5. The van der Waals surface area contributed by atoms with Crippen LogP contribution >= 0.6 is 11.6 Å². The Morgan fingerprint density at radius 1 is 1.28 bits per heavy atom. The van der Waals surface area contributed by atoms with Gasteiger partial charge >= 0.3 is 5.97 Å². The van der Waals surface area contributed by atoms with E-state index in [2.05, 4.69) is 20.6 Å². The zero-order valence-electron chi connectivity index (χ0n) is 17.4. The molecule has 32 heavy (non-hydrogen) atoms. The van der Waals surface area contributed by atoms with Crippen LogP contribution in [0.4, 0.5) is 5.69 Å². The predicted molar refractivity (Wildman–Crippen MR) is 106 cm³/mol. The average molecular weight is 474 g/mol. The van der Waals surface area contributed by atoms with Crippen molar-refractivity contribution in [2.45, 2.75) is 62.3 Å². The molecule has 0 aliphatic carbocycles. The SMILES string of the molecule is COC(=O)[C@@H]1C[C@H]([C@@H](O)C(O)C(O)[C@H](O)CO)N2N1c1c(Cl)nn3nnnc3c1C2(C)C. The fourth-order valence-corrected chi connectivity index (χ4v) is 4.95. The molecular weight excluding hydrogens is 450 g/mol. The lowest BCUT2D eigenvalue weighted by atomic mass is 9.89. The van der Waals surface area contributed by atoms with Crippen LogP contribution in [0.5, 0.6) is 0 Å². The summed E-state index contributed by atoms with van der Waals surface area (Å²) in [4.78, 5) is 12.7. The van der Waals surface area contributed by atoms with Crippen LogP contribution in [0.3, 0.4) is 0 Å². The minimum Gasteiger partial charge on any atom is -0.467 e. The Balaban J connectivity index is 1.84. The van der Waals surface area contributed by atoms with E-state index >= 15 is 0 Å². The Labute approximate surface area is 186 Å². The monoisotopic (exact) mass is 473 g/mol. The Morgan fingerprint density at radius 3 is 2.59 bits per heavy atom. The van der Waals surface area contributed by atoms with Crippen molar-refractivity contribution in [3.05, 3.63) is 10.7 Å². The van der Waals surface area contributed by atoms with E-state index in [1.165, 1.54) is 7.11 Å². The third-order valence-corrected chi connectivity index (χ3v) is 6.42. The van der Waals surface area contributed by atoms with Gasteiger partial charge in [0.25, 0.3) is 0 Å². The summed E-state index contributed by atoms with van der Waals surface area (Å²) < 4.78 is 6.10. The molecule has 1 saturated heterocycles. The number of carbonyl (C=O) groups is 1. The van der Waals surface area contributed by atoms with E-state index in [9.17, 15) is 25.2 Å². The molecule has 176 valence electrons. The maximum atomic E-state index is 12.7. The average Bonchev–Trinajstić information content (AvgIpc) is 3.44. The quantitative estimate of drug-likeness (QED) is 0.270. The lowest BCUT2D eigenvalue weighted by molar-refractivity contribution is -0.142. The van der Waals surface area contributed by atoms with E-state index < -0.39 is 54.6 Å². The van der Waals surface area contributed by atoms with Gasteiger partial charge in [-0.05, 0) is 24.3 Å². The molecule has 0 bridgehead atoms. The van der Waals surface area contributed by atoms with Crippen molar-refractivity contribution >= 4 is 28.9 Å². The van der Waals surface area contributed by atoms with Crippen LogP contribution in [-0.2, 0) is 15.1 Å². The van der Waals surface area contributed by atoms with Crippen molar-refractivity contribution in [3.63, 3.8) is 0 Å². The van der Waals surface area contributed by atoms with E-state index in [1.807, 2.05) is 0 Å². The van der Waals surface area contributed by atoms with E-state index in [-0.39, 0.29) is 17.2 Å². The van der Waals surface area contributed by atoms with E-state index in [1.54, 1.807) is 23.9 Å². The van der Waals surface area contributed by atoms with Crippen LogP contribution in [0.15, 0.2) is 0 Å². The first-order valence-corrected chi connectivity index (χ1v) is 10.2. The summed E-state index contributed by atoms with van der Waals surface area (Å²) in [6.07, 6.45) is -6.95. The number of nitrogens with zero attached hydrogens (tertiary/aromatic N) is 7. The number of fused-ring (bicyclic) bond motifs is 5. The van der Waals surface area contributed by atoms with Crippen molar-refractivity contribution in [3.8, 4) is 0 Å². The number of carbonyl (C=O) groups excluding carboxylic acids is 1. The van der Waals surface area contributed by atoms with Crippen LogP contribution < -0.4 is 5.01 Å². The van der Waals surface area contributed by atoms with Crippen LogP contribution in [-0.4, -0.2) is 112 Å². The van der Waals surface area contributed by atoms with Crippen LogP contribution in [0.25, 0.3) is 5.65 Å². The molecule has 2 unspecified atom stereocenters. The standard InChI is InChI=1S/C17H24ClN7O7/c1-17(2)9-10(14(18)20-25-15(9)19-21-22-25)23-7(16(31)32-3)4-6(24(17)23)11(28)13(30)12(29)8(27)5-26/h6-8,11-13,26-30H,4-5H2,1-3H3/t6-,7+,8-,11-,12?,13?/m1/s1. The van der Waals surface area contributed by atoms with Gasteiger partial charge in [-0.3, -0.25) is 5.01 Å². The largest absolute Gasteiger partial charge is 0.467 e. The number of halogens is 1. The lowest BCUT2D eigenvalue weighted by Gasteiger charge is -2.40. The van der Waals surface area contributed by atoms with Gasteiger partial charge in [-0.15, -0.1) is 14.8 Å². The second kappa shape index (κ2) is 7.98. The number of hydrogen-bond acceptors (Lipinski definition) is 13. The minimum atomic E-state index is -1.83. The Hall–Kier alpha value is -2.20. The number of aliphatic hydroxyl groups excluding tert-OH is 5. The number of anilines is 1. The summed E-state index contributed by atoms with van der Waals surface area (Å²) in [5.41, 5.74) is 0.234. The smallest absolute Gasteiger partial charge is 0.330 e. The highest BCUT2D eigenvalue weighted by molar-refractivity contribution is 6.32. The first kappa shape index (κ1) is 23.0. The molecule has 0 radical (unpaired) electrons. The van der Waals surface area contributed by atoms with Gasteiger partial charge in [0.2, 0.25) is 5.65 Å². The highest BCUT2D eigenvalue weighted by atomic mass is 35.5. The van der Waals surface area contributed by atoms with Crippen molar-refractivity contribution in [2.75, 3.05) is 18.7 Å². The second-order valence-electron chi connectivity index (χ2n) is 8.32. The van der Waals surface area contributed by atoms with Gasteiger partial charge in [-0.1, -0.05) is 11.6 Å². The first-order chi connectivity index (χ1) is 15.1. The molecule has 4 rings (SSSR count). The Kier molecular flexibility index (Phi) is 5.73. The minimum absolute atomic E-state index is 0.00214. The molecule has 4 heterocycles. The highest BCUT2D eigenvalue weighted by Crippen LogP contribution is 2.54. The third kappa shape index (κ3) is 3.14. The van der Waals surface area contributed by atoms with Gasteiger partial charge in [0.15, 0.2) is 5.15 Å². The highest BCUT2D eigenvalue weighted by Gasteiger charge is 2.60. The summed E-state index contributed by atoms with van der Waals surface area (Å²) in [6, 6.07) is -1.87. The number of tetrazole rings is 1. The number of methoxy groups -OCH3 is 1. The number of aromatic nitrogens is 5. The second-order valence-corrected chi connectivity index (χ2v) is 8.68. The molecule has 0 saturated carbocycles. The summed E-state index contributed by atoms with van der Waals surface area (Å²) in [6.45, 7) is 2.77. The van der Waals surface area contributed by atoms with Crippen LogP contribution in [0.1, 0.15) is 25.8 Å². The summed E-state index contributed by atoms with van der Waals surface area (Å²) >= 11 is 6.45. The molecule has 0 amide bonds. The number of hydrogen-bond donors (Lipinski definition) is 5. The molecule has 0 aromatic carbocycles. The number of esters is 1. The van der Waals surface area contributed by atoms with Crippen molar-refractivity contribution in [2.24, 2.45) is 0 Å². The summed E-state index contributed by atoms with van der Waals surface area (Å²) in [5, 5.41) is 69.2. The normalized spacial score (nSPS) is 26.0. The van der Waals surface area contributed by atoms with E-state index in [0.29, 0.717) is 11.3 Å². The fourth-order valence-electron chi connectivity index (χ4n) is 4.69. The molecule has 2 aromatic rings. The van der Waals surface area contributed by atoms with Crippen LogP contribution in [0.2, 0.25) is 5.15 Å². The van der Waals surface area contributed by atoms with Gasteiger partial charge in [-0.25, -0.2) is 9.80 Å². The van der Waals surface area contributed by atoms with E-state index in [0.717, 1.165) is 4.63 Å².